The highest BCUT2D eigenvalue weighted by Crippen LogP contribution is 2.43. The molecular formula is C20H20F6N8O2S. The quantitative estimate of drug-likeness (QED) is 0.483. The summed E-state index contributed by atoms with van der Waals surface area (Å²) in [4.78, 5) is 30.0. The largest absolute Gasteiger partial charge is 0.451 e. The van der Waals surface area contributed by atoms with Gasteiger partial charge in [-0.3, -0.25) is 4.79 Å². The molecule has 2 atom stereocenters. The van der Waals surface area contributed by atoms with Crippen molar-refractivity contribution in [3.8, 4) is 11.3 Å². The van der Waals surface area contributed by atoms with Crippen LogP contribution in [0.2, 0.25) is 0 Å². The van der Waals surface area contributed by atoms with Crippen LogP contribution in [0.4, 0.5) is 31.3 Å². The minimum absolute atomic E-state index is 0.0903. The van der Waals surface area contributed by atoms with E-state index in [4.69, 9.17) is 0 Å². The van der Waals surface area contributed by atoms with E-state index in [1.54, 1.807) is 16.7 Å². The normalized spacial score (nSPS) is 17.8. The summed E-state index contributed by atoms with van der Waals surface area (Å²) in [5.74, 6) is -1.56. The van der Waals surface area contributed by atoms with Gasteiger partial charge in [0.2, 0.25) is 16.7 Å². The Labute approximate surface area is 209 Å². The van der Waals surface area contributed by atoms with Crippen LogP contribution in [0.3, 0.4) is 0 Å². The molecule has 37 heavy (non-hydrogen) atoms. The zero-order chi connectivity index (χ0) is 27.1. The van der Waals surface area contributed by atoms with Gasteiger partial charge in [-0.25, -0.2) is 24.6 Å². The number of aliphatic hydroxyl groups is 1. The summed E-state index contributed by atoms with van der Waals surface area (Å²) in [6.45, 7) is 3.53. The maximum atomic E-state index is 13.5. The fraction of sp³-hybridized carbons (Fsp3) is 0.500. The second-order valence-corrected chi connectivity index (χ2v) is 9.30. The first-order valence-corrected chi connectivity index (χ1v) is 11.6. The molecule has 1 aliphatic heterocycles. The van der Waals surface area contributed by atoms with Crippen molar-refractivity contribution in [2.45, 2.75) is 44.9 Å². The van der Waals surface area contributed by atoms with Crippen molar-refractivity contribution in [1.29, 1.82) is 0 Å². The highest BCUT2D eigenvalue weighted by Gasteiger charge is 2.39. The van der Waals surface area contributed by atoms with Crippen molar-refractivity contribution >= 4 is 22.2 Å². The van der Waals surface area contributed by atoms with E-state index in [0.29, 0.717) is 11.3 Å². The van der Waals surface area contributed by atoms with E-state index in [0.717, 1.165) is 12.4 Å². The van der Waals surface area contributed by atoms with Crippen LogP contribution in [0.1, 0.15) is 36.6 Å². The van der Waals surface area contributed by atoms with Crippen LogP contribution < -0.4 is 4.90 Å². The van der Waals surface area contributed by atoms with Crippen LogP contribution in [-0.2, 0) is 23.7 Å². The van der Waals surface area contributed by atoms with Crippen LogP contribution in [0, 0.1) is 0 Å². The second kappa shape index (κ2) is 9.85. The molecule has 1 unspecified atom stereocenters. The highest BCUT2D eigenvalue weighted by molar-refractivity contribution is 7.16. The number of nitrogens with zero attached hydrogens (tertiary/aromatic N) is 8. The molecule has 1 aliphatic rings. The van der Waals surface area contributed by atoms with Crippen LogP contribution in [-0.4, -0.2) is 71.3 Å². The van der Waals surface area contributed by atoms with E-state index in [2.05, 4.69) is 25.0 Å². The van der Waals surface area contributed by atoms with Gasteiger partial charge >= 0.3 is 12.4 Å². The Morgan fingerprint density at radius 1 is 1.14 bits per heavy atom. The first kappa shape index (κ1) is 26.7. The summed E-state index contributed by atoms with van der Waals surface area (Å²) in [6.07, 6.45) is -7.58. The predicted molar refractivity (Wildman–Crippen MR) is 117 cm³/mol. The Morgan fingerprint density at radius 3 is 2.35 bits per heavy atom. The number of hydrogen-bond acceptors (Lipinski definition) is 9. The number of piperazine rings is 1. The average Bonchev–Trinajstić information content (AvgIpc) is 3.46. The zero-order valence-electron chi connectivity index (χ0n) is 19.3. The van der Waals surface area contributed by atoms with Crippen molar-refractivity contribution in [3.63, 3.8) is 0 Å². The van der Waals surface area contributed by atoms with Crippen molar-refractivity contribution in [2.24, 2.45) is 0 Å². The Kier molecular flexibility index (Phi) is 7.11. The van der Waals surface area contributed by atoms with Crippen molar-refractivity contribution in [2.75, 3.05) is 24.5 Å². The standard InChI is InChI=1S/C20H20F6N8O2S/c1-10-7-32(3-4-34(10)13(36)8-33-9-29-15(31-33)11(2)35)16-14(30-18(37-16)20(24,25)26)12-5-27-17(28-6-12)19(21,22)23/h5-6,9-11,35H,3-4,7-8H2,1-2H3/t10-,11?/m1/s1. The number of anilines is 1. The summed E-state index contributed by atoms with van der Waals surface area (Å²) < 4.78 is 80.1. The molecule has 10 nitrogen and oxygen atoms in total. The fourth-order valence-corrected chi connectivity index (χ4v) is 4.74. The molecule has 200 valence electrons. The van der Waals surface area contributed by atoms with Crippen molar-refractivity contribution in [1.82, 2.24) is 34.6 Å². The molecule has 4 rings (SSSR count). The van der Waals surface area contributed by atoms with E-state index in [1.807, 2.05) is 0 Å². The van der Waals surface area contributed by atoms with Gasteiger partial charge in [-0.05, 0) is 13.8 Å². The molecule has 0 saturated carbocycles. The summed E-state index contributed by atoms with van der Waals surface area (Å²) in [5.41, 5.74) is -0.285. The lowest BCUT2D eigenvalue weighted by Crippen LogP contribution is -2.54. The van der Waals surface area contributed by atoms with E-state index >= 15 is 0 Å². The number of hydrogen-bond donors (Lipinski definition) is 1. The lowest BCUT2D eigenvalue weighted by atomic mass is 10.1. The third-order valence-electron chi connectivity index (χ3n) is 5.49. The lowest BCUT2D eigenvalue weighted by molar-refractivity contribution is -0.145. The van der Waals surface area contributed by atoms with Gasteiger partial charge in [-0.2, -0.15) is 31.4 Å². The minimum Gasteiger partial charge on any atom is -0.385 e. The topological polar surface area (TPSA) is 113 Å². The maximum Gasteiger partial charge on any atom is 0.451 e. The van der Waals surface area contributed by atoms with E-state index < -0.39 is 35.3 Å². The van der Waals surface area contributed by atoms with Gasteiger partial charge < -0.3 is 14.9 Å². The van der Waals surface area contributed by atoms with E-state index in [9.17, 15) is 36.2 Å². The number of thiazole rings is 1. The smallest absolute Gasteiger partial charge is 0.385 e. The molecule has 1 N–H and O–H groups in total. The highest BCUT2D eigenvalue weighted by atomic mass is 32.1. The molecule has 1 amide bonds. The summed E-state index contributed by atoms with van der Waals surface area (Å²) in [7, 11) is 0. The molecule has 1 saturated heterocycles. The summed E-state index contributed by atoms with van der Waals surface area (Å²) in [5, 5.41) is 12.5. The molecule has 0 aromatic carbocycles. The first-order chi connectivity index (χ1) is 17.2. The zero-order valence-corrected chi connectivity index (χ0v) is 20.1. The van der Waals surface area contributed by atoms with Crippen molar-refractivity contribution < 1.29 is 36.2 Å². The molecule has 17 heteroatoms. The molecule has 3 aromatic rings. The number of halogens is 6. The van der Waals surface area contributed by atoms with Gasteiger partial charge in [0.1, 0.15) is 29.7 Å². The third-order valence-corrected chi connectivity index (χ3v) is 6.65. The molecule has 3 aromatic heterocycles. The molecule has 4 heterocycles. The Balaban J connectivity index is 1.54. The van der Waals surface area contributed by atoms with Gasteiger partial charge in [0.15, 0.2) is 5.82 Å². The van der Waals surface area contributed by atoms with Gasteiger partial charge in [0.05, 0.1) is 0 Å². The average molecular weight is 550 g/mol. The number of carbonyl (C=O) groups is 1. The van der Waals surface area contributed by atoms with E-state index in [1.165, 1.54) is 17.9 Å². The summed E-state index contributed by atoms with van der Waals surface area (Å²) >= 11 is 0.360. The van der Waals surface area contributed by atoms with Gasteiger partial charge in [0.25, 0.3) is 0 Å². The SMILES string of the molecule is CC(O)c1ncn(CC(=O)N2CCN(c3sc(C(F)(F)F)nc3-c3cnc(C(F)(F)F)nc3)C[C@H]2C)n1. The number of carbonyl (C=O) groups excluding carboxylic acids is 1. The molecule has 0 spiro atoms. The van der Waals surface area contributed by atoms with Crippen LogP contribution in [0.15, 0.2) is 18.7 Å². The number of aromatic nitrogens is 6. The molecular weight excluding hydrogens is 530 g/mol. The summed E-state index contributed by atoms with van der Waals surface area (Å²) in [6, 6.07) is -0.422. The molecule has 0 bridgehead atoms. The predicted octanol–water partition coefficient (Wildman–Crippen LogP) is 3.02. The molecule has 0 aliphatic carbocycles. The molecule has 0 radical (unpaired) electrons. The number of amides is 1. The third kappa shape index (κ3) is 5.82. The Hall–Kier alpha value is -3.34. The Morgan fingerprint density at radius 2 is 1.81 bits per heavy atom. The van der Waals surface area contributed by atoms with Crippen LogP contribution >= 0.6 is 11.3 Å². The number of alkyl halides is 6. The minimum atomic E-state index is -4.80. The maximum absolute atomic E-state index is 13.5. The van der Waals surface area contributed by atoms with Crippen LogP contribution in [0.25, 0.3) is 11.3 Å². The number of aliphatic hydroxyl groups excluding tert-OH is 1. The van der Waals surface area contributed by atoms with Crippen LogP contribution in [0.5, 0.6) is 0 Å². The second-order valence-electron chi connectivity index (χ2n) is 8.32. The fourth-order valence-electron chi connectivity index (χ4n) is 3.75. The van der Waals surface area contributed by atoms with E-state index in [-0.39, 0.29) is 54.2 Å². The Bertz CT molecular complexity index is 1260. The van der Waals surface area contributed by atoms with Gasteiger partial charge in [-0.15, -0.1) is 0 Å². The van der Waals surface area contributed by atoms with Gasteiger partial charge in [-0.1, -0.05) is 11.3 Å². The monoisotopic (exact) mass is 550 g/mol. The lowest BCUT2D eigenvalue weighted by Gasteiger charge is -2.40. The molecule has 1 fully saturated rings. The number of rotatable bonds is 5. The van der Waals surface area contributed by atoms with Crippen molar-refractivity contribution in [3.05, 3.63) is 35.4 Å². The van der Waals surface area contributed by atoms with Gasteiger partial charge in [0, 0.05) is 43.6 Å². The first-order valence-electron chi connectivity index (χ1n) is 10.8.